The number of para-hydroxylation sites is 1. The maximum atomic E-state index is 12.6. The fourth-order valence-electron chi connectivity index (χ4n) is 3.51. The number of benzene rings is 1. The summed E-state index contributed by atoms with van der Waals surface area (Å²) in [6, 6.07) is 9.90. The van der Waals surface area contributed by atoms with Crippen molar-refractivity contribution in [1.29, 1.82) is 0 Å². The van der Waals surface area contributed by atoms with Crippen molar-refractivity contribution < 1.29 is 9.90 Å². The molecule has 2 N–H and O–H groups in total. The van der Waals surface area contributed by atoms with Crippen LogP contribution in [0.15, 0.2) is 41.9 Å². The number of nitrogens with one attached hydrogen (secondary N) is 1. The van der Waals surface area contributed by atoms with Crippen LogP contribution < -0.4 is 5.32 Å². The smallest absolute Gasteiger partial charge is 0.226 e. The molecule has 0 spiro atoms. The first-order valence-corrected chi connectivity index (χ1v) is 9.69. The number of aryl methyl sites for hydroxylation is 1. The van der Waals surface area contributed by atoms with Crippen LogP contribution in [0.3, 0.4) is 0 Å². The maximum absolute atomic E-state index is 12.6. The summed E-state index contributed by atoms with van der Waals surface area (Å²) < 4.78 is 0. The van der Waals surface area contributed by atoms with Crippen molar-refractivity contribution >= 4 is 28.1 Å². The van der Waals surface area contributed by atoms with Gasteiger partial charge in [0.2, 0.25) is 5.91 Å². The van der Waals surface area contributed by atoms with Gasteiger partial charge in [0.1, 0.15) is 0 Å². The summed E-state index contributed by atoms with van der Waals surface area (Å²) in [5, 5.41) is 16.8. The van der Waals surface area contributed by atoms with E-state index in [9.17, 15) is 9.90 Å². The average molecular weight is 367 g/mol. The molecule has 0 radical (unpaired) electrons. The number of amides is 1. The zero-order valence-corrected chi connectivity index (χ0v) is 15.4. The number of thiazole rings is 1. The summed E-state index contributed by atoms with van der Waals surface area (Å²) in [7, 11) is 0. The monoisotopic (exact) mass is 367 g/mol. The molecule has 134 valence electrons. The van der Waals surface area contributed by atoms with E-state index >= 15 is 0 Å². The number of aliphatic hydroxyl groups excluding tert-OH is 1. The molecule has 26 heavy (non-hydrogen) atoms. The number of hydrogen-bond acceptors (Lipinski definition) is 5. The molecular formula is C20H21N3O2S. The minimum atomic E-state index is -0.269. The lowest BCUT2D eigenvalue weighted by Gasteiger charge is -2.38. The maximum Gasteiger partial charge on any atom is 0.226 e. The molecular weight excluding hydrogens is 346 g/mol. The Morgan fingerprint density at radius 3 is 2.92 bits per heavy atom. The quantitative estimate of drug-likeness (QED) is 0.726. The molecule has 1 saturated carbocycles. The van der Waals surface area contributed by atoms with Gasteiger partial charge in [0, 0.05) is 17.0 Å². The van der Waals surface area contributed by atoms with Gasteiger partial charge in [0.25, 0.3) is 0 Å². The molecule has 2 aromatic heterocycles. The molecule has 1 atom stereocenters. The average Bonchev–Trinajstić information content (AvgIpc) is 3.01. The van der Waals surface area contributed by atoms with Crippen molar-refractivity contribution in [2.75, 3.05) is 0 Å². The molecule has 3 aromatic rings. The lowest BCUT2D eigenvalue weighted by molar-refractivity contribution is -0.122. The summed E-state index contributed by atoms with van der Waals surface area (Å²) in [6.07, 6.45) is 3.25. The van der Waals surface area contributed by atoms with E-state index < -0.39 is 0 Å². The van der Waals surface area contributed by atoms with Gasteiger partial charge in [0.05, 0.1) is 34.8 Å². The van der Waals surface area contributed by atoms with Gasteiger partial charge in [-0.05, 0) is 43.4 Å². The van der Waals surface area contributed by atoms with Crippen LogP contribution in [0.4, 0.5) is 0 Å². The number of fused-ring (bicyclic) bond motifs is 1. The summed E-state index contributed by atoms with van der Waals surface area (Å²) >= 11 is 1.55. The van der Waals surface area contributed by atoms with Crippen molar-refractivity contribution in [3.8, 4) is 0 Å². The van der Waals surface area contributed by atoms with Crippen LogP contribution in [-0.2, 0) is 11.2 Å². The highest BCUT2D eigenvalue weighted by atomic mass is 32.1. The number of nitrogens with zero attached hydrogens (tertiary/aromatic N) is 2. The molecule has 0 saturated heterocycles. The highest BCUT2D eigenvalue weighted by Gasteiger charge is 2.36. The minimum Gasteiger partial charge on any atom is -0.393 e. The van der Waals surface area contributed by atoms with Crippen molar-refractivity contribution in [1.82, 2.24) is 15.3 Å². The standard InChI is InChI=1S/C20H21N3O2S/c1-12-22-16(11-26-12)9-19(25)23-20(14-7-17(24)8-14)15-6-13-4-2-3-5-18(13)21-10-15/h2-6,10-11,14,17,20,24H,7-9H2,1H3,(H,23,25)/t14?,17?,20-/m1/s1. The topological polar surface area (TPSA) is 75.1 Å². The Labute approximate surface area is 156 Å². The highest BCUT2D eigenvalue weighted by Crippen LogP contribution is 2.38. The van der Waals surface area contributed by atoms with E-state index in [-0.39, 0.29) is 30.4 Å². The lowest BCUT2D eigenvalue weighted by atomic mass is 9.75. The number of carbonyl (C=O) groups is 1. The molecule has 0 aliphatic heterocycles. The fourth-order valence-corrected chi connectivity index (χ4v) is 4.12. The van der Waals surface area contributed by atoms with Gasteiger partial charge in [-0.2, -0.15) is 0 Å². The van der Waals surface area contributed by atoms with Gasteiger partial charge < -0.3 is 10.4 Å². The van der Waals surface area contributed by atoms with Crippen LogP contribution in [0.2, 0.25) is 0 Å². The molecule has 2 heterocycles. The third-order valence-electron chi connectivity index (χ3n) is 4.92. The molecule has 1 aliphatic rings. The second-order valence-electron chi connectivity index (χ2n) is 6.93. The number of hydrogen-bond donors (Lipinski definition) is 2. The van der Waals surface area contributed by atoms with E-state index in [1.54, 1.807) is 11.3 Å². The van der Waals surface area contributed by atoms with Crippen molar-refractivity contribution in [2.24, 2.45) is 5.92 Å². The first kappa shape index (κ1) is 17.1. The molecule has 0 bridgehead atoms. The molecule has 5 nitrogen and oxygen atoms in total. The first-order chi connectivity index (χ1) is 12.6. The molecule has 1 aliphatic carbocycles. The Hall–Kier alpha value is -2.31. The number of aliphatic hydroxyl groups is 1. The molecule has 0 unspecified atom stereocenters. The predicted octanol–water partition coefficient (Wildman–Crippen LogP) is 3.17. The molecule has 1 aromatic carbocycles. The normalized spacial score (nSPS) is 20.5. The third kappa shape index (κ3) is 3.61. The Morgan fingerprint density at radius 2 is 2.19 bits per heavy atom. The van der Waals surface area contributed by atoms with Crippen LogP contribution in [0.25, 0.3) is 10.9 Å². The number of aromatic nitrogens is 2. The Bertz CT molecular complexity index is 933. The van der Waals surface area contributed by atoms with Gasteiger partial charge in [-0.15, -0.1) is 11.3 Å². The van der Waals surface area contributed by atoms with Crippen molar-refractivity contribution in [3.63, 3.8) is 0 Å². The van der Waals surface area contributed by atoms with Crippen LogP contribution in [0.5, 0.6) is 0 Å². The SMILES string of the molecule is Cc1nc(CC(=O)N[C@@H](c2cnc3ccccc3c2)C2CC(O)C2)cs1. The Kier molecular flexibility index (Phi) is 4.70. The minimum absolute atomic E-state index is 0.0464. The van der Waals surface area contributed by atoms with Crippen LogP contribution in [-0.4, -0.2) is 27.1 Å². The molecule has 6 heteroatoms. The van der Waals surface area contributed by atoms with Gasteiger partial charge in [-0.25, -0.2) is 4.98 Å². The summed E-state index contributed by atoms with van der Waals surface area (Å²) in [5.74, 6) is 0.184. The van der Waals surface area contributed by atoms with Gasteiger partial charge in [-0.1, -0.05) is 18.2 Å². The molecule has 4 rings (SSSR count). The molecule has 1 fully saturated rings. The fraction of sp³-hybridized carbons (Fsp3) is 0.350. The van der Waals surface area contributed by atoms with Crippen LogP contribution >= 0.6 is 11.3 Å². The Morgan fingerprint density at radius 1 is 1.38 bits per heavy atom. The Balaban J connectivity index is 1.56. The summed E-state index contributed by atoms with van der Waals surface area (Å²) in [4.78, 5) is 21.5. The van der Waals surface area contributed by atoms with E-state index in [4.69, 9.17) is 0 Å². The van der Waals surface area contributed by atoms with E-state index in [0.29, 0.717) is 12.8 Å². The van der Waals surface area contributed by atoms with Crippen LogP contribution in [0.1, 0.15) is 35.1 Å². The van der Waals surface area contributed by atoms with E-state index in [1.165, 1.54) is 0 Å². The zero-order valence-electron chi connectivity index (χ0n) is 14.6. The third-order valence-corrected chi connectivity index (χ3v) is 5.74. The lowest BCUT2D eigenvalue weighted by Crippen LogP contribution is -2.42. The van der Waals surface area contributed by atoms with Gasteiger partial charge in [-0.3, -0.25) is 9.78 Å². The largest absolute Gasteiger partial charge is 0.393 e. The molecule has 1 amide bonds. The highest BCUT2D eigenvalue weighted by molar-refractivity contribution is 7.09. The van der Waals surface area contributed by atoms with Crippen LogP contribution in [0, 0.1) is 12.8 Å². The zero-order chi connectivity index (χ0) is 18.1. The number of pyridine rings is 1. The van der Waals surface area contributed by atoms with Gasteiger partial charge in [0.15, 0.2) is 0 Å². The van der Waals surface area contributed by atoms with E-state index in [2.05, 4.69) is 21.4 Å². The number of rotatable bonds is 5. The first-order valence-electron chi connectivity index (χ1n) is 8.81. The number of carbonyl (C=O) groups excluding carboxylic acids is 1. The predicted molar refractivity (Wildman–Crippen MR) is 102 cm³/mol. The van der Waals surface area contributed by atoms with Crippen molar-refractivity contribution in [2.45, 2.75) is 38.3 Å². The van der Waals surface area contributed by atoms with Crippen molar-refractivity contribution in [3.05, 3.63) is 58.2 Å². The van der Waals surface area contributed by atoms with E-state index in [1.807, 2.05) is 42.8 Å². The summed E-state index contributed by atoms with van der Waals surface area (Å²) in [6.45, 7) is 1.94. The second-order valence-corrected chi connectivity index (χ2v) is 7.99. The summed E-state index contributed by atoms with van der Waals surface area (Å²) in [5.41, 5.74) is 2.73. The second kappa shape index (κ2) is 7.13. The van der Waals surface area contributed by atoms with E-state index in [0.717, 1.165) is 27.2 Å². The van der Waals surface area contributed by atoms with Gasteiger partial charge >= 0.3 is 0 Å².